The third kappa shape index (κ3) is 9.11. The molecular formula is C41H50Cl2N8O6S. The highest BCUT2D eigenvalue weighted by Crippen LogP contribution is 2.40. The van der Waals surface area contributed by atoms with Gasteiger partial charge in [0.2, 0.25) is 11.8 Å². The molecule has 0 radical (unpaired) electrons. The highest BCUT2D eigenvalue weighted by Gasteiger charge is 2.42. The second-order valence-corrected chi connectivity index (χ2v) is 17.1. The van der Waals surface area contributed by atoms with Gasteiger partial charge in [0, 0.05) is 29.5 Å². The minimum atomic E-state index is -0.752. The number of nitrogens with zero attached hydrogens (tertiary/aromatic N) is 4. The molecule has 4 heterocycles. The maximum Gasteiger partial charge on any atom is 0.407 e. The fraction of sp³-hybridized carbons (Fsp3) is 0.463. The monoisotopic (exact) mass is 852 g/mol. The molecule has 5 atom stereocenters. The van der Waals surface area contributed by atoms with Gasteiger partial charge in [0.25, 0.3) is 0 Å². The van der Waals surface area contributed by atoms with Crippen LogP contribution in [0.25, 0.3) is 33.6 Å². The molecule has 2 fully saturated rings. The predicted octanol–water partition coefficient (Wildman–Crippen LogP) is 7.87. The highest BCUT2D eigenvalue weighted by molar-refractivity contribution is 7.99. The molecule has 4 aromatic rings. The van der Waals surface area contributed by atoms with Crippen molar-refractivity contribution in [3.05, 3.63) is 70.5 Å². The molecule has 0 spiro atoms. The van der Waals surface area contributed by atoms with Crippen LogP contribution in [0.1, 0.15) is 70.7 Å². The number of amides is 4. The lowest BCUT2D eigenvalue weighted by molar-refractivity contribution is -0.136. The molecule has 58 heavy (non-hydrogen) atoms. The maximum absolute atomic E-state index is 13.8. The largest absolute Gasteiger partial charge is 0.453 e. The third-order valence-electron chi connectivity index (χ3n) is 10.9. The van der Waals surface area contributed by atoms with Crippen LogP contribution in [0.4, 0.5) is 9.59 Å². The molecule has 2 aromatic heterocycles. The van der Waals surface area contributed by atoms with E-state index in [-0.39, 0.29) is 41.0 Å². The van der Waals surface area contributed by atoms with Gasteiger partial charge in [0.1, 0.15) is 23.7 Å². The smallest absolute Gasteiger partial charge is 0.407 e. The van der Waals surface area contributed by atoms with E-state index in [1.807, 2.05) is 82.5 Å². The third-order valence-corrected chi connectivity index (χ3v) is 12.4. The Balaban J connectivity index is 1.16. The summed E-state index contributed by atoms with van der Waals surface area (Å²) < 4.78 is 9.54. The van der Waals surface area contributed by atoms with Crippen LogP contribution in [-0.4, -0.2) is 105 Å². The van der Waals surface area contributed by atoms with E-state index >= 15 is 0 Å². The van der Waals surface area contributed by atoms with E-state index in [9.17, 15) is 19.2 Å². The Morgan fingerprint density at radius 1 is 0.724 bits per heavy atom. The van der Waals surface area contributed by atoms with Crippen LogP contribution in [0.2, 0.25) is 10.3 Å². The van der Waals surface area contributed by atoms with Gasteiger partial charge in [-0.3, -0.25) is 9.59 Å². The molecule has 14 nitrogen and oxygen atoms in total. The number of thioether (sulfide) groups is 1. The molecule has 310 valence electrons. The number of benzene rings is 2. The number of hydrogen-bond acceptors (Lipinski definition) is 9. The summed E-state index contributed by atoms with van der Waals surface area (Å²) in [6.45, 7) is 8.58. The summed E-state index contributed by atoms with van der Waals surface area (Å²) in [5.41, 5.74) is 4.95. The van der Waals surface area contributed by atoms with Gasteiger partial charge < -0.3 is 39.9 Å². The first-order valence-electron chi connectivity index (χ1n) is 19.3. The van der Waals surface area contributed by atoms with Crippen LogP contribution in [0, 0.1) is 11.8 Å². The molecule has 4 amide bonds. The fourth-order valence-electron chi connectivity index (χ4n) is 7.64. The summed E-state index contributed by atoms with van der Waals surface area (Å²) in [5, 5.41) is 6.18. The number of carbonyl (C=O) groups is 4. The zero-order valence-electron chi connectivity index (χ0n) is 33.6. The van der Waals surface area contributed by atoms with Crippen molar-refractivity contribution in [1.82, 2.24) is 40.4 Å². The molecule has 0 saturated carbocycles. The van der Waals surface area contributed by atoms with Crippen LogP contribution < -0.4 is 10.6 Å². The number of carbonyl (C=O) groups excluding carboxylic acids is 4. The minimum absolute atomic E-state index is 0.142. The Hall–Kier alpha value is -4.73. The number of methoxy groups -OCH3 is 2. The van der Waals surface area contributed by atoms with Crippen LogP contribution in [0.5, 0.6) is 0 Å². The molecule has 6 rings (SSSR count). The molecule has 2 saturated heterocycles. The lowest BCUT2D eigenvalue weighted by Crippen LogP contribution is -2.51. The second-order valence-electron chi connectivity index (χ2n) is 15.2. The normalized spacial score (nSPS) is 19.1. The summed E-state index contributed by atoms with van der Waals surface area (Å²) >= 11 is 15.1. The fourth-order valence-corrected chi connectivity index (χ4v) is 8.82. The second kappa shape index (κ2) is 18.5. The van der Waals surface area contributed by atoms with Crippen molar-refractivity contribution in [2.45, 2.75) is 76.4 Å². The van der Waals surface area contributed by atoms with E-state index < -0.39 is 24.3 Å². The van der Waals surface area contributed by atoms with Crippen molar-refractivity contribution >= 4 is 59.0 Å². The number of halogens is 2. The number of H-pyrrole nitrogens is 2. The minimum Gasteiger partial charge on any atom is -0.453 e. The molecule has 2 aliphatic heterocycles. The Labute approximate surface area is 352 Å². The lowest BCUT2D eigenvalue weighted by Gasteiger charge is -2.30. The average Bonchev–Trinajstić information content (AvgIpc) is 4.04. The van der Waals surface area contributed by atoms with E-state index in [1.165, 1.54) is 14.2 Å². The summed E-state index contributed by atoms with van der Waals surface area (Å²) in [6.07, 6.45) is 2.91. The van der Waals surface area contributed by atoms with Gasteiger partial charge in [-0.1, -0.05) is 99.4 Å². The molecule has 2 aliphatic rings. The van der Waals surface area contributed by atoms with Crippen molar-refractivity contribution in [3.8, 4) is 33.6 Å². The predicted molar refractivity (Wildman–Crippen MR) is 225 cm³/mol. The van der Waals surface area contributed by atoms with Crippen molar-refractivity contribution in [1.29, 1.82) is 0 Å². The molecule has 4 N–H and O–H groups in total. The van der Waals surface area contributed by atoms with E-state index in [0.29, 0.717) is 59.3 Å². The van der Waals surface area contributed by atoms with Crippen LogP contribution in [0.3, 0.4) is 0 Å². The van der Waals surface area contributed by atoms with Gasteiger partial charge in [-0.25, -0.2) is 19.6 Å². The number of hydrogen-bond donors (Lipinski definition) is 4. The first kappa shape index (κ1) is 42.9. The SMILES string of the molecule is COC(=O)N[C@H](C(=O)N1CCC[C@H]1c1nc(Cl)c(-c2ccc(-c3ccc(-c4[nH]c([C@@H]5C[C@H](SC)CN5C(=O)[C@@H](NC(=O)OC)C(C)C)nc4Cl)cc3)cc2)[nH]1)C(C)C. The number of likely N-dealkylation sites (tertiary alicyclic amines) is 2. The summed E-state index contributed by atoms with van der Waals surface area (Å²) in [5.74, 6) is 0.506. The van der Waals surface area contributed by atoms with Crippen molar-refractivity contribution in [2.24, 2.45) is 11.8 Å². The molecule has 0 bridgehead atoms. The van der Waals surface area contributed by atoms with Gasteiger partial charge in [-0.2, -0.15) is 11.8 Å². The van der Waals surface area contributed by atoms with E-state index in [0.717, 1.165) is 28.7 Å². The van der Waals surface area contributed by atoms with Crippen LogP contribution in [0.15, 0.2) is 48.5 Å². The summed E-state index contributed by atoms with van der Waals surface area (Å²) in [7, 11) is 2.55. The van der Waals surface area contributed by atoms with Gasteiger partial charge >= 0.3 is 12.2 Å². The highest BCUT2D eigenvalue weighted by atomic mass is 35.5. The van der Waals surface area contributed by atoms with Gasteiger partial charge in [-0.15, -0.1) is 0 Å². The topological polar surface area (TPSA) is 175 Å². The Morgan fingerprint density at radius 3 is 1.59 bits per heavy atom. The van der Waals surface area contributed by atoms with Gasteiger partial charge in [-0.05, 0) is 48.5 Å². The van der Waals surface area contributed by atoms with Crippen molar-refractivity contribution < 1.29 is 28.7 Å². The zero-order valence-corrected chi connectivity index (χ0v) is 35.9. The van der Waals surface area contributed by atoms with Crippen molar-refractivity contribution in [3.63, 3.8) is 0 Å². The van der Waals surface area contributed by atoms with E-state index in [2.05, 4.69) is 30.6 Å². The van der Waals surface area contributed by atoms with Gasteiger partial charge in [0.05, 0.1) is 37.7 Å². The van der Waals surface area contributed by atoms with E-state index in [1.54, 1.807) is 21.6 Å². The molecule has 0 unspecified atom stereocenters. The van der Waals surface area contributed by atoms with Crippen LogP contribution >= 0.6 is 35.0 Å². The zero-order chi connectivity index (χ0) is 41.8. The summed E-state index contributed by atoms with van der Waals surface area (Å²) in [6, 6.07) is 13.8. The number of aromatic nitrogens is 4. The first-order chi connectivity index (χ1) is 27.7. The average molecular weight is 854 g/mol. The molecule has 2 aromatic carbocycles. The Bertz CT molecular complexity index is 2110. The number of alkyl carbamates (subject to hydrolysis) is 2. The molecule has 0 aliphatic carbocycles. The number of aromatic amines is 2. The lowest BCUT2D eigenvalue weighted by atomic mass is 10.0. The standard InChI is InChI=1S/C41H50Cl2N8O6S/c1-21(2)30(46-40(54)56-5)38(52)50-18-8-9-28(50)36-44-32(34(42)48-36)25-14-10-23(11-15-25)24-12-16-26(17-13-24)33-35(43)49-37(45-33)29-19-27(58-7)20-51(29)39(53)31(22(3)4)47-41(55)57-6/h10-17,21-22,27-31H,8-9,18-20H2,1-7H3,(H,44,48)(H,45,49)(H,46,54)(H,47,55)/t27-,28-,29-,30-,31-/m0/s1. The quantitative estimate of drug-likeness (QED) is 0.111. The Kier molecular flexibility index (Phi) is 13.6. The number of imidazole rings is 2. The maximum atomic E-state index is 13.8. The molecular weight excluding hydrogens is 803 g/mol. The first-order valence-corrected chi connectivity index (χ1v) is 21.3. The number of ether oxygens (including phenoxy) is 2. The number of nitrogens with one attached hydrogen (secondary N) is 4. The molecule has 17 heteroatoms. The van der Waals surface area contributed by atoms with Crippen LogP contribution in [-0.2, 0) is 19.1 Å². The van der Waals surface area contributed by atoms with Crippen molar-refractivity contribution in [2.75, 3.05) is 33.6 Å². The van der Waals surface area contributed by atoms with Gasteiger partial charge in [0.15, 0.2) is 10.3 Å². The number of rotatable bonds is 12. The Morgan fingerprint density at radius 2 is 1.16 bits per heavy atom. The van der Waals surface area contributed by atoms with E-state index in [4.69, 9.17) is 32.7 Å². The summed E-state index contributed by atoms with van der Waals surface area (Å²) in [4.78, 5) is 71.1.